The molecule has 4 N–H and O–H groups in total. The summed E-state index contributed by atoms with van der Waals surface area (Å²) < 4.78 is 0. The van der Waals surface area contributed by atoms with Crippen molar-refractivity contribution in [2.24, 2.45) is 11.7 Å². The van der Waals surface area contributed by atoms with Gasteiger partial charge in [0.25, 0.3) is 0 Å². The van der Waals surface area contributed by atoms with Crippen molar-refractivity contribution in [3.05, 3.63) is 0 Å². The normalized spacial score (nSPS) is 12.5. The third-order valence-electron chi connectivity index (χ3n) is 1.70. The van der Waals surface area contributed by atoms with Crippen molar-refractivity contribution in [2.75, 3.05) is 13.2 Å². The van der Waals surface area contributed by atoms with Crippen LogP contribution < -0.4 is 5.73 Å². The van der Waals surface area contributed by atoms with Crippen molar-refractivity contribution in [1.82, 2.24) is 0 Å². The molecule has 13 heavy (non-hydrogen) atoms. The Hall–Kier alpha value is -0.940. The molecule has 0 radical (unpaired) electrons. The third-order valence-corrected chi connectivity index (χ3v) is 1.70. The molecule has 0 aromatic rings. The first-order chi connectivity index (χ1) is 6.11. The van der Waals surface area contributed by atoms with Gasteiger partial charge in [0, 0.05) is 12.8 Å². The zero-order valence-corrected chi connectivity index (χ0v) is 7.40. The lowest BCUT2D eigenvalue weighted by atomic mass is 10.0. The number of hydrogen-bond donors (Lipinski definition) is 3. The molecule has 0 aromatic carbocycles. The average molecular weight is 189 g/mol. The molecule has 0 aliphatic carbocycles. The minimum absolute atomic E-state index is 0.105. The maximum atomic E-state index is 11.0. The molecule has 0 aliphatic heterocycles. The van der Waals surface area contributed by atoms with Crippen LogP contribution in [0.5, 0.6) is 0 Å². The number of Topliss-reactive ketones (excluding diaryl/α,β-unsaturated/α-hetero) is 1. The second-order valence-electron chi connectivity index (χ2n) is 2.85. The predicted molar refractivity (Wildman–Crippen MR) is 46.1 cm³/mol. The van der Waals surface area contributed by atoms with E-state index in [4.69, 9.17) is 15.9 Å². The third kappa shape index (κ3) is 5.32. The molecule has 0 aliphatic rings. The highest BCUT2D eigenvalue weighted by atomic mass is 16.4. The van der Waals surface area contributed by atoms with E-state index >= 15 is 0 Å². The van der Waals surface area contributed by atoms with Crippen molar-refractivity contribution in [1.29, 1.82) is 0 Å². The van der Waals surface area contributed by atoms with E-state index in [2.05, 4.69) is 0 Å². The minimum Gasteiger partial charge on any atom is -0.481 e. The number of ketones is 1. The molecule has 0 spiro atoms. The Bertz CT molecular complexity index is 181. The van der Waals surface area contributed by atoms with Crippen LogP contribution in [0.4, 0.5) is 0 Å². The summed E-state index contributed by atoms with van der Waals surface area (Å²) in [6, 6.07) is 0. The van der Waals surface area contributed by atoms with Gasteiger partial charge in [0.05, 0.1) is 12.5 Å². The van der Waals surface area contributed by atoms with Gasteiger partial charge in [-0.1, -0.05) is 0 Å². The SMILES string of the molecule is NCCCC(=O)C[C@@H](CO)C(=O)O. The molecule has 0 aromatic heterocycles. The number of carbonyl (C=O) groups is 2. The van der Waals surface area contributed by atoms with Crippen molar-refractivity contribution in [2.45, 2.75) is 19.3 Å². The second-order valence-corrected chi connectivity index (χ2v) is 2.85. The van der Waals surface area contributed by atoms with Crippen molar-refractivity contribution in [3.8, 4) is 0 Å². The number of nitrogens with two attached hydrogens (primary N) is 1. The van der Waals surface area contributed by atoms with Crippen molar-refractivity contribution >= 4 is 11.8 Å². The molecular weight excluding hydrogens is 174 g/mol. The van der Waals surface area contributed by atoms with E-state index in [-0.39, 0.29) is 12.2 Å². The molecule has 0 rings (SSSR count). The molecule has 76 valence electrons. The van der Waals surface area contributed by atoms with E-state index in [0.29, 0.717) is 19.4 Å². The van der Waals surface area contributed by atoms with Gasteiger partial charge in [-0.05, 0) is 13.0 Å². The van der Waals surface area contributed by atoms with Gasteiger partial charge >= 0.3 is 5.97 Å². The van der Waals surface area contributed by atoms with Crippen LogP contribution in [0.3, 0.4) is 0 Å². The van der Waals surface area contributed by atoms with Gasteiger partial charge in [0.1, 0.15) is 5.78 Å². The molecular formula is C8H15NO4. The first kappa shape index (κ1) is 12.1. The Labute approximate surface area is 76.5 Å². The zero-order chi connectivity index (χ0) is 10.3. The van der Waals surface area contributed by atoms with Crippen LogP contribution in [0.1, 0.15) is 19.3 Å². The molecule has 0 saturated heterocycles. The lowest BCUT2D eigenvalue weighted by Gasteiger charge is -2.06. The molecule has 0 fully saturated rings. The van der Waals surface area contributed by atoms with Crippen LogP contribution in [0, 0.1) is 5.92 Å². The Balaban J connectivity index is 3.80. The monoisotopic (exact) mass is 189 g/mol. The van der Waals surface area contributed by atoms with Gasteiger partial charge in [0.15, 0.2) is 0 Å². The highest BCUT2D eigenvalue weighted by Gasteiger charge is 2.19. The average Bonchev–Trinajstić information content (AvgIpc) is 2.10. The molecule has 0 amide bonds. The van der Waals surface area contributed by atoms with Crippen LogP contribution in [0.25, 0.3) is 0 Å². The molecule has 5 heteroatoms. The van der Waals surface area contributed by atoms with Gasteiger partial charge in [-0.2, -0.15) is 0 Å². The minimum atomic E-state index is -1.14. The predicted octanol–water partition coefficient (Wildman–Crippen LogP) is -0.622. The van der Waals surface area contributed by atoms with Gasteiger partial charge in [-0.15, -0.1) is 0 Å². The Morgan fingerprint density at radius 2 is 2.00 bits per heavy atom. The summed E-state index contributed by atoms with van der Waals surface area (Å²) in [6.07, 6.45) is 0.753. The van der Waals surface area contributed by atoms with E-state index < -0.39 is 18.5 Å². The van der Waals surface area contributed by atoms with Gasteiger partial charge in [0.2, 0.25) is 0 Å². The first-order valence-corrected chi connectivity index (χ1v) is 4.17. The summed E-state index contributed by atoms with van der Waals surface area (Å²) in [5, 5.41) is 17.1. The number of carboxylic acid groups (broad SMARTS) is 1. The number of carboxylic acids is 1. The van der Waals surface area contributed by atoms with Gasteiger partial charge < -0.3 is 15.9 Å². The van der Waals surface area contributed by atoms with Crippen LogP contribution in [-0.2, 0) is 9.59 Å². The molecule has 5 nitrogen and oxygen atoms in total. The van der Waals surface area contributed by atoms with Gasteiger partial charge in [-0.3, -0.25) is 9.59 Å². The Morgan fingerprint density at radius 3 is 2.38 bits per heavy atom. The summed E-state index contributed by atoms with van der Waals surface area (Å²) in [6.45, 7) is -0.0771. The summed E-state index contributed by atoms with van der Waals surface area (Å²) in [4.78, 5) is 21.4. The van der Waals surface area contributed by atoms with E-state index in [9.17, 15) is 9.59 Å². The summed E-state index contributed by atoms with van der Waals surface area (Å²) in [5.41, 5.74) is 5.18. The van der Waals surface area contributed by atoms with Crippen LogP contribution >= 0.6 is 0 Å². The topological polar surface area (TPSA) is 101 Å². The highest BCUT2D eigenvalue weighted by molar-refractivity contribution is 5.83. The van der Waals surface area contributed by atoms with Crippen molar-refractivity contribution < 1.29 is 19.8 Å². The maximum Gasteiger partial charge on any atom is 0.309 e. The second kappa shape index (κ2) is 6.56. The zero-order valence-electron chi connectivity index (χ0n) is 7.40. The summed E-state index contributed by atoms with van der Waals surface area (Å²) >= 11 is 0. The fourth-order valence-corrected chi connectivity index (χ4v) is 0.906. The fourth-order valence-electron chi connectivity index (χ4n) is 0.906. The lowest BCUT2D eigenvalue weighted by Crippen LogP contribution is -2.21. The molecule has 0 bridgehead atoms. The maximum absolute atomic E-state index is 11.0. The molecule has 0 saturated carbocycles. The number of rotatable bonds is 7. The van der Waals surface area contributed by atoms with Crippen LogP contribution in [0.2, 0.25) is 0 Å². The standard InChI is InChI=1S/C8H15NO4/c9-3-1-2-7(11)4-6(5-10)8(12)13/h6,10H,1-5,9H2,(H,12,13)/t6-/m0/s1. The Morgan fingerprint density at radius 1 is 1.38 bits per heavy atom. The van der Waals surface area contributed by atoms with E-state index in [0.717, 1.165) is 0 Å². The number of aliphatic hydroxyl groups is 1. The quantitative estimate of drug-likeness (QED) is 0.495. The van der Waals surface area contributed by atoms with Crippen LogP contribution in [-0.4, -0.2) is 35.1 Å². The van der Waals surface area contributed by atoms with E-state index in [1.165, 1.54) is 0 Å². The highest BCUT2D eigenvalue weighted by Crippen LogP contribution is 2.06. The largest absolute Gasteiger partial charge is 0.481 e. The molecule has 1 atom stereocenters. The number of hydrogen-bond acceptors (Lipinski definition) is 4. The summed E-state index contributed by atoms with van der Waals surface area (Å²) in [7, 11) is 0. The van der Waals surface area contributed by atoms with E-state index in [1.54, 1.807) is 0 Å². The number of carbonyl (C=O) groups excluding carboxylic acids is 1. The molecule has 0 unspecified atom stereocenters. The number of aliphatic hydroxyl groups excluding tert-OH is 1. The smallest absolute Gasteiger partial charge is 0.309 e. The number of aliphatic carboxylic acids is 1. The lowest BCUT2D eigenvalue weighted by molar-refractivity contribution is -0.145. The van der Waals surface area contributed by atoms with Gasteiger partial charge in [-0.25, -0.2) is 0 Å². The fraction of sp³-hybridized carbons (Fsp3) is 0.750. The van der Waals surface area contributed by atoms with Crippen molar-refractivity contribution in [3.63, 3.8) is 0 Å². The van der Waals surface area contributed by atoms with Crippen LogP contribution in [0.15, 0.2) is 0 Å². The van der Waals surface area contributed by atoms with E-state index in [1.807, 2.05) is 0 Å². The Kier molecular flexibility index (Phi) is 6.09. The molecule has 0 heterocycles. The summed E-state index contributed by atoms with van der Waals surface area (Å²) in [5.74, 6) is -2.26. The first-order valence-electron chi connectivity index (χ1n) is 4.17.